The Morgan fingerprint density at radius 2 is 1.92 bits per heavy atom. The lowest BCUT2D eigenvalue weighted by molar-refractivity contribution is -0.124. The van der Waals surface area contributed by atoms with E-state index < -0.39 is 0 Å². The molecule has 0 spiro atoms. The van der Waals surface area contributed by atoms with Gasteiger partial charge in [0.15, 0.2) is 0 Å². The van der Waals surface area contributed by atoms with Crippen LogP contribution in [-0.4, -0.2) is 65.1 Å². The number of fused-ring (bicyclic) bond motifs is 1. The molecule has 8 heteroatoms. The smallest absolute Gasteiger partial charge is 0.264 e. The fourth-order valence-corrected chi connectivity index (χ4v) is 7.15. The van der Waals surface area contributed by atoms with Crippen LogP contribution in [-0.2, 0) is 4.79 Å². The topological polar surface area (TPSA) is 80.0 Å². The van der Waals surface area contributed by atoms with Gasteiger partial charge in [0.25, 0.3) is 5.91 Å². The van der Waals surface area contributed by atoms with Crippen molar-refractivity contribution in [3.8, 4) is 6.07 Å². The molecule has 39 heavy (non-hydrogen) atoms. The molecule has 1 amide bonds. The van der Waals surface area contributed by atoms with Crippen molar-refractivity contribution in [1.82, 2.24) is 14.7 Å². The maximum Gasteiger partial charge on any atom is 0.264 e. The number of allylic oxidation sites excluding steroid dienone is 3. The van der Waals surface area contributed by atoms with Gasteiger partial charge in [-0.3, -0.25) is 9.59 Å². The molecule has 1 atom stereocenters. The maximum absolute atomic E-state index is 13.5. The number of ketones is 1. The Kier molecular flexibility index (Phi) is 8.37. The number of amides is 1. The molecule has 2 saturated heterocycles. The number of rotatable bonds is 6. The van der Waals surface area contributed by atoms with Crippen molar-refractivity contribution < 1.29 is 9.59 Å². The van der Waals surface area contributed by atoms with Crippen molar-refractivity contribution in [1.29, 1.82) is 5.26 Å². The molecule has 0 aromatic carbocycles. The van der Waals surface area contributed by atoms with E-state index in [1.165, 1.54) is 17.8 Å². The summed E-state index contributed by atoms with van der Waals surface area (Å²) in [7, 11) is 0. The average Bonchev–Trinajstić information content (AvgIpc) is 3.39. The van der Waals surface area contributed by atoms with Crippen molar-refractivity contribution in [3.63, 3.8) is 0 Å². The lowest BCUT2D eigenvalue weighted by atomic mass is 9.90. The minimum Gasteiger partial charge on any atom is -0.342 e. The van der Waals surface area contributed by atoms with Crippen LogP contribution in [0.4, 0.5) is 5.69 Å². The third kappa shape index (κ3) is 5.74. The summed E-state index contributed by atoms with van der Waals surface area (Å²) >= 11 is 1.46. The number of carbonyl (C=O) groups excluding carboxylic acids is 2. The monoisotopic (exact) mass is 545 g/mol. The zero-order chi connectivity index (χ0) is 27.5. The summed E-state index contributed by atoms with van der Waals surface area (Å²) < 4.78 is 0. The SMILES string of the molecule is C=C1c2sc(C(=O)N3CCC(C(=O)CCC)CC3)cc2N=C(N2CCCCC2)N1CC1=C(C#N)C=CC(C)C1. The van der Waals surface area contributed by atoms with Crippen LogP contribution >= 0.6 is 11.3 Å². The minimum atomic E-state index is 0.0191. The Bertz CT molecular complexity index is 1270. The molecule has 0 saturated carbocycles. The first-order chi connectivity index (χ1) is 18.9. The highest BCUT2D eigenvalue weighted by atomic mass is 32.1. The Morgan fingerprint density at radius 1 is 1.18 bits per heavy atom. The highest BCUT2D eigenvalue weighted by molar-refractivity contribution is 7.15. The van der Waals surface area contributed by atoms with Gasteiger partial charge in [0, 0.05) is 45.1 Å². The van der Waals surface area contributed by atoms with Crippen molar-refractivity contribution in [3.05, 3.63) is 45.7 Å². The predicted octanol–water partition coefficient (Wildman–Crippen LogP) is 6.15. The first kappa shape index (κ1) is 27.4. The molecule has 4 heterocycles. The van der Waals surface area contributed by atoms with E-state index in [1.54, 1.807) is 0 Å². The third-order valence-corrected chi connectivity index (χ3v) is 9.52. The van der Waals surface area contributed by atoms with E-state index in [1.807, 2.05) is 24.0 Å². The molecule has 1 aromatic rings. The number of likely N-dealkylation sites (tertiary alicyclic amines) is 2. The van der Waals surface area contributed by atoms with E-state index in [-0.39, 0.29) is 11.8 Å². The van der Waals surface area contributed by atoms with Crippen molar-refractivity contribution in [2.24, 2.45) is 16.8 Å². The summed E-state index contributed by atoms with van der Waals surface area (Å²) in [6, 6.07) is 4.30. The van der Waals surface area contributed by atoms with Gasteiger partial charge in [0.2, 0.25) is 5.96 Å². The number of hydrogen-bond donors (Lipinski definition) is 0. The van der Waals surface area contributed by atoms with Gasteiger partial charge in [-0.25, -0.2) is 4.99 Å². The largest absolute Gasteiger partial charge is 0.342 e. The van der Waals surface area contributed by atoms with Gasteiger partial charge in [-0.1, -0.05) is 26.5 Å². The van der Waals surface area contributed by atoms with E-state index in [0.29, 0.717) is 42.6 Å². The van der Waals surface area contributed by atoms with Gasteiger partial charge in [-0.2, -0.15) is 5.26 Å². The molecule has 3 aliphatic heterocycles. The molecule has 0 radical (unpaired) electrons. The number of nitriles is 1. The Labute approximate surface area is 236 Å². The van der Waals surface area contributed by atoms with Crippen LogP contribution in [0.1, 0.15) is 79.8 Å². The highest BCUT2D eigenvalue weighted by Gasteiger charge is 2.34. The molecule has 1 aliphatic carbocycles. The Hall–Kier alpha value is -3.18. The van der Waals surface area contributed by atoms with Gasteiger partial charge in [0.1, 0.15) is 5.78 Å². The number of hydrogen-bond acceptors (Lipinski definition) is 7. The predicted molar refractivity (Wildman–Crippen MR) is 157 cm³/mol. The fourth-order valence-electron chi connectivity index (χ4n) is 6.10. The number of thiophene rings is 1. The van der Waals surface area contributed by atoms with Gasteiger partial charge >= 0.3 is 0 Å². The fraction of sp³-hybridized carbons (Fsp3) is 0.548. The van der Waals surface area contributed by atoms with Crippen LogP contribution in [0.2, 0.25) is 0 Å². The number of carbonyl (C=O) groups is 2. The number of piperidine rings is 2. The summed E-state index contributed by atoms with van der Waals surface area (Å²) in [5.41, 5.74) is 3.49. The lowest BCUT2D eigenvalue weighted by Crippen LogP contribution is -2.47. The summed E-state index contributed by atoms with van der Waals surface area (Å²) in [6.45, 7) is 12.4. The molecule has 0 bridgehead atoms. The average molecular weight is 546 g/mol. The molecule has 0 N–H and O–H groups in total. The highest BCUT2D eigenvalue weighted by Crippen LogP contribution is 2.42. The first-order valence-electron chi connectivity index (χ1n) is 14.5. The normalized spacial score (nSPS) is 22.1. The second-order valence-electron chi connectivity index (χ2n) is 11.3. The van der Waals surface area contributed by atoms with Crippen LogP contribution < -0.4 is 0 Å². The summed E-state index contributed by atoms with van der Waals surface area (Å²) in [5.74, 6) is 1.70. The zero-order valence-corrected chi connectivity index (χ0v) is 24.1. The minimum absolute atomic E-state index is 0.0191. The second kappa shape index (κ2) is 11.9. The number of aliphatic imine (C=N–C) groups is 1. The number of nitrogens with zero attached hydrogens (tertiary/aromatic N) is 5. The van der Waals surface area contributed by atoms with Crippen LogP contribution in [0.15, 0.2) is 40.9 Å². The van der Waals surface area contributed by atoms with Gasteiger partial charge in [-0.15, -0.1) is 11.3 Å². The van der Waals surface area contributed by atoms with E-state index in [2.05, 4.69) is 35.4 Å². The standard InChI is InChI=1S/C31H39N5O2S/c1-4-8-27(37)23-11-15-34(16-12-23)30(38)28-18-26-29(39-28)22(3)36(31(33-26)35-13-6-5-7-14-35)20-25-17-21(2)9-10-24(25)19-32/h9-10,18,21,23H,3-8,11-17,20H2,1-2H3. The van der Waals surface area contributed by atoms with E-state index in [9.17, 15) is 14.9 Å². The molecule has 7 nitrogen and oxygen atoms in total. The van der Waals surface area contributed by atoms with Crippen LogP contribution in [0.5, 0.6) is 0 Å². The van der Waals surface area contributed by atoms with E-state index in [0.717, 1.165) is 85.0 Å². The second-order valence-corrected chi connectivity index (χ2v) is 12.3. The van der Waals surface area contributed by atoms with Crippen LogP contribution in [0, 0.1) is 23.2 Å². The van der Waals surface area contributed by atoms with Crippen LogP contribution in [0.3, 0.4) is 0 Å². The quantitative estimate of drug-likeness (QED) is 0.429. The van der Waals surface area contributed by atoms with Crippen LogP contribution in [0.25, 0.3) is 5.70 Å². The Morgan fingerprint density at radius 3 is 2.62 bits per heavy atom. The lowest BCUT2D eigenvalue weighted by Gasteiger charge is -2.40. The van der Waals surface area contributed by atoms with E-state index in [4.69, 9.17) is 4.99 Å². The van der Waals surface area contributed by atoms with Crippen molar-refractivity contribution in [2.45, 2.75) is 65.2 Å². The van der Waals surface area contributed by atoms with E-state index >= 15 is 0 Å². The summed E-state index contributed by atoms with van der Waals surface area (Å²) in [5, 5.41) is 9.78. The third-order valence-electron chi connectivity index (χ3n) is 8.36. The molecular formula is C31H39N5O2S. The molecule has 206 valence electrons. The van der Waals surface area contributed by atoms with Crippen molar-refractivity contribution >= 4 is 40.4 Å². The molecule has 5 rings (SSSR count). The zero-order valence-electron chi connectivity index (χ0n) is 23.2. The van der Waals surface area contributed by atoms with Gasteiger partial charge < -0.3 is 14.7 Å². The molecule has 1 unspecified atom stereocenters. The maximum atomic E-state index is 13.5. The first-order valence-corrected chi connectivity index (χ1v) is 15.3. The molecule has 2 fully saturated rings. The molecular weight excluding hydrogens is 506 g/mol. The van der Waals surface area contributed by atoms with Gasteiger partial charge in [-0.05, 0) is 68.6 Å². The van der Waals surface area contributed by atoms with Gasteiger partial charge in [0.05, 0.1) is 32.8 Å². The number of Topliss-reactive ketones (excluding diaryl/α,β-unsaturated/α-hetero) is 1. The molecule has 1 aromatic heterocycles. The summed E-state index contributed by atoms with van der Waals surface area (Å²) in [6.07, 6.45) is 11.4. The Balaban J connectivity index is 1.39. The van der Waals surface area contributed by atoms with Crippen molar-refractivity contribution in [2.75, 3.05) is 32.7 Å². The number of guanidine groups is 1. The molecule has 4 aliphatic rings. The summed E-state index contributed by atoms with van der Waals surface area (Å²) in [4.78, 5) is 39.0.